The average molecular weight is 861 g/mol. The van der Waals surface area contributed by atoms with Crippen LogP contribution < -0.4 is 42.5 Å². The lowest BCUT2D eigenvalue weighted by atomic mass is 10.2. The molecule has 316 valence electrons. The summed E-state index contributed by atoms with van der Waals surface area (Å²) in [6, 6.07) is 13.8. The van der Waals surface area contributed by atoms with Gasteiger partial charge in [-0.25, -0.2) is 0 Å². The van der Waals surface area contributed by atoms with Crippen molar-refractivity contribution in [3.05, 3.63) is 108 Å². The number of aromatic nitrogens is 4. The zero-order valence-corrected chi connectivity index (χ0v) is 34.9. The number of anilines is 5. The first-order valence-corrected chi connectivity index (χ1v) is 19.6. The maximum Gasteiger partial charge on any atom is 0.272 e. The first-order valence-electron chi connectivity index (χ1n) is 18.6. The van der Waals surface area contributed by atoms with Crippen molar-refractivity contribution in [1.82, 2.24) is 28.9 Å². The van der Waals surface area contributed by atoms with E-state index in [-0.39, 0.29) is 47.9 Å². The normalized spacial score (nSPS) is 11.0. The molecule has 0 aliphatic carbocycles. The van der Waals surface area contributed by atoms with E-state index < -0.39 is 17.7 Å². The third-order valence-electron chi connectivity index (χ3n) is 9.11. The summed E-state index contributed by atoms with van der Waals surface area (Å²) >= 11 is 11.8. The van der Waals surface area contributed by atoms with E-state index in [2.05, 4.69) is 36.8 Å². The summed E-state index contributed by atoms with van der Waals surface area (Å²) in [6.45, 7) is 1.86. The number of guanidine groups is 1. The smallest absolute Gasteiger partial charge is 0.272 e. The Morgan fingerprint density at radius 2 is 1.00 bits per heavy atom. The van der Waals surface area contributed by atoms with E-state index in [0.29, 0.717) is 53.3 Å². The van der Waals surface area contributed by atoms with Crippen molar-refractivity contribution in [2.24, 2.45) is 33.9 Å². The van der Waals surface area contributed by atoms with Gasteiger partial charge in [0.2, 0.25) is 5.91 Å². The predicted molar refractivity (Wildman–Crippen MR) is 236 cm³/mol. The summed E-state index contributed by atoms with van der Waals surface area (Å²) in [7, 11) is 6.65. The van der Waals surface area contributed by atoms with Gasteiger partial charge >= 0.3 is 0 Å². The van der Waals surface area contributed by atoms with Gasteiger partial charge in [0.25, 0.3) is 23.6 Å². The second-order valence-electron chi connectivity index (χ2n) is 13.6. The Balaban J connectivity index is 1.14. The van der Waals surface area contributed by atoms with Gasteiger partial charge in [0.1, 0.15) is 22.8 Å². The van der Waals surface area contributed by atoms with Crippen molar-refractivity contribution >= 4 is 93.2 Å². The van der Waals surface area contributed by atoms with Crippen LogP contribution in [0.2, 0.25) is 0 Å². The summed E-state index contributed by atoms with van der Waals surface area (Å²) < 4.78 is 6.25. The third kappa shape index (κ3) is 11.6. The largest absolute Gasteiger partial charge is 0.370 e. The van der Waals surface area contributed by atoms with Crippen LogP contribution in [0.3, 0.4) is 0 Å². The highest BCUT2D eigenvalue weighted by molar-refractivity contribution is 6.18. The fourth-order valence-electron chi connectivity index (χ4n) is 6.21. The molecule has 5 amide bonds. The lowest BCUT2D eigenvalue weighted by Crippen LogP contribution is -2.38. The number of nitrogens with one attached hydrogen (secondary N) is 7. The molecule has 5 rings (SSSR count). The van der Waals surface area contributed by atoms with Gasteiger partial charge in [-0.05, 0) is 48.0 Å². The number of rotatable bonds is 18. The number of alkyl halides is 2. The van der Waals surface area contributed by atoms with E-state index >= 15 is 0 Å². The molecule has 60 heavy (non-hydrogen) atoms. The Kier molecular flexibility index (Phi) is 14.9. The summed E-state index contributed by atoms with van der Waals surface area (Å²) in [4.78, 5) is 67.2. The van der Waals surface area contributed by atoms with Crippen molar-refractivity contribution in [1.29, 1.82) is 5.41 Å². The minimum atomic E-state index is -0.486. The summed E-state index contributed by atoms with van der Waals surface area (Å²) in [5.74, 6) is -1.41. The number of amides is 5. The first-order chi connectivity index (χ1) is 28.6. The molecule has 0 saturated heterocycles. The van der Waals surface area contributed by atoms with Crippen LogP contribution in [0.5, 0.6) is 0 Å². The molecule has 0 aliphatic heterocycles. The second kappa shape index (κ2) is 20.2. The molecule has 4 heterocycles. The number of halogens is 2. The number of hydrogen-bond donors (Lipinski definition) is 8. The molecule has 4 aromatic heterocycles. The molecule has 0 fully saturated rings. The van der Waals surface area contributed by atoms with Gasteiger partial charge in [-0.3, -0.25) is 29.4 Å². The van der Waals surface area contributed by atoms with Gasteiger partial charge in [-0.15, -0.1) is 23.2 Å². The third-order valence-corrected chi connectivity index (χ3v) is 9.45. The van der Waals surface area contributed by atoms with E-state index in [0.717, 1.165) is 11.3 Å². The molecule has 18 nitrogen and oxygen atoms in total. The van der Waals surface area contributed by atoms with Crippen molar-refractivity contribution in [3.8, 4) is 0 Å². The van der Waals surface area contributed by atoms with Crippen LogP contribution in [-0.2, 0) is 33.0 Å². The van der Waals surface area contributed by atoms with Gasteiger partial charge < -0.3 is 60.8 Å². The molecule has 0 atom stereocenters. The highest BCUT2D eigenvalue weighted by atomic mass is 35.5. The van der Waals surface area contributed by atoms with Crippen LogP contribution in [0.15, 0.2) is 79.4 Å². The molecule has 0 saturated carbocycles. The van der Waals surface area contributed by atoms with E-state index in [9.17, 15) is 24.0 Å². The van der Waals surface area contributed by atoms with Crippen LogP contribution in [-0.4, -0.2) is 91.7 Å². The van der Waals surface area contributed by atoms with Crippen LogP contribution in [0.25, 0.3) is 6.08 Å². The SMILES string of the molecule is Cn1cc(NC(=O)c2cc(NC(=O)c3cc(NC(=O)c4cc(NC(=O)/C=C/c5ccc(N(CCCl)CCCl)cc5)cn4C)cn3C)cn2C)cc1C(=O)NCCNC(=N)N. The quantitative estimate of drug-likeness (QED) is 0.0211. The van der Waals surface area contributed by atoms with Gasteiger partial charge in [-0.1, -0.05) is 12.1 Å². The Bertz CT molecular complexity index is 2400. The zero-order valence-electron chi connectivity index (χ0n) is 33.4. The number of nitrogens with two attached hydrogens (primary N) is 1. The molecule has 0 spiro atoms. The average Bonchev–Trinajstić information content (AvgIpc) is 3.97. The van der Waals surface area contributed by atoms with Crippen molar-refractivity contribution < 1.29 is 24.0 Å². The summed E-state index contributed by atoms with van der Waals surface area (Å²) in [6.07, 6.45) is 9.47. The molecule has 0 radical (unpaired) electrons. The molecule has 0 bridgehead atoms. The molecule has 0 aliphatic rings. The maximum absolute atomic E-state index is 13.3. The Morgan fingerprint density at radius 3 is 1.40 bits per heavy atom. The molecular formula is C40H47Cl2N13O5. The van der Waals surface area contributed by atoms with E-state index in [4.69, 9.17) is 34.3 Å². The van der Waals surface area contributed by atoms with Gasteiger partial charge in [0.15, 0.2) is 5.96 Å². The number of benzene rings is 1. The first kappa shape index (κ1) is 44.2. The lowest BCUT2D eigenvalue weighted by Gasteiger charge is -2.22. The Hall–Kier alpha value is -6.92. The topological polar surface area (TPSA) is 230 Å². The van der Waals surface area contributed by atoms with Crippen molar-refractivity contribution in [2.75, 3.05) is 64.1 Å². The Morgan fingerprint density at radius 1 is 0.617 bits per heavy atom. The lowest BCUT2D eigenvalue weighted by molar-refractivity contribution is -0.111. The minimum absolute atomic E-state index is 0.199. The number of hydrogen-bond acceptors (Lipinski definition) is 7. The predicted octanol–water partition coefficient (Wildman–Crippen LogP) is 3.95. The second-order valence-corrected chi connectivity index (χ2v) is 14.4. The minimum Gasteiger partial charge on any atom is -0.370 e. The number of carbonyl (C=O) groups excluding carboxylic acids is 5. The van der Waals surface area contributed by atoms with E-state index in [1.165, 1.54) is 24.3 Å². The summed E-state index contributed by atoms with van der Waals surface area (Å²) in [5, 5.41) is 23.6. The number of carbonyl (C=O) groups is 5. The molecule has 20 heteroatoms. The van der Waals surface area contributed by atoms with Crippen LogP contribution in [0.4, 0.5) is 28.4 Å². The molecular weight excluding hydrogens is 813 g/mol. The molecule has 9 N–H and O–H groups in total. The Labute approximate surface area is 356 Å². The van der Waals surface area contributed by atoms with Crippen LogP contribution >= 0.6 is 23.2 Å². The van der Waals surface area contributed by atoms with Crippen molar-refractivity contribution in [3.63, 3.8) is 0 Å². The van der Waals surface area contributed by atoms with Crippen LogP contribution in [0, 0.1) is 5.41 Å². The monoisotopic (exact) mass is 859 g/mol. The molecule has 1 aromatic carbocycles. The van der Waals surface area contributed by atoms with Gasteiger partial charge in [0.05, 0.1) is 22.7 Å². The fraction of sp³-hybridized carbons (Fsp3) is 0.250. The van der Waals surface area contributed by atoms with E-state index in [1.54, 1.807) is 83.4 Å². The highest BCUT2D eigenvalue weighted by Gasteiger charge is 2.20. The zero-order chi connectivity index (χ0) is 43.5. The highest BCUT2D eigenvalue weighted by Crippen LogP contribution is 2.22. The number of aryl methyl sites for hydroxylation is 4. The van der Waals surface area contributed by atoms with Gasteiger partial charge in [-0.2, -0.15) is 0 Å². The fourth-order valence-corrected chi connectivity index (χ4v) is 6.62. The summed E-state index contributed by atoms with van der Waals surface area (Å²) in [5.41, 5.74) is 9.62. The van der Waals surface area contributed by atoms with E-state index in [1.807, 2.05) is 24.3 Å². The standard InChI is InChI=1S/C40H47Cl2N13O5/c1-51-22-27(18-31(51)36(57)45-13-14-46-40(43)44)48-38(59)33-20-29(24-53(33)3)50-39(60)34-19-28(23-54(34)4)49-37(58)32-17-26(21-52(32)2)47-35(56)10-7-25-5-8-30(9-6-25)55(15-11-41)16-12-42/h5-10,17-24H,11-16H2,1-4H3,(H,45,57)(H,47,56)(H,48,59)(H,49,58)(H,50,60)(H4,43,44,46)/b10-7+. The maximum atomic E-state index is 13.3. The van der Waals surface area contributed by atoms with Crippen molar-refractivity contribution in [2.45, 2.75) is 0 Å². The molecule has 0 unspecified atom stereocenters. The number of nitrogens with zero attached hydrogens (tertiary/aromatic N) is 5. The molecule has 5 aromatic rings. The van der Waals surface area contributed by atoms with Gasteiger partial charge in [0, 0.05) is 103 Å². The van der Waals surface area contributed by atoms with Crippen LogP contribution in [0.1, 0.15) is 47.5 Å².